The topological polar surface area (TPSA) is 42.7 Å². The number of anilines is 1. The second-order valence-electron chi connectivity index (χ2n) is 9.54. The van der Waals surface area contributed by atoms with Crippen molar-refractivity contribution in [2.24, 2.45) is 0 Å². The molecule has 4 rings (SSSR count). The van der Waals surface area contributed by atoms with Gasteiger partial charge in [-0.2, -0.15) is 5.10 Å². The smallest absolute Gasteiger partial charge is 0.180 e. The zero-order valence-corrected chi connectivity index (χ0v) is 17.0. The number of hydrogen-bond donors (Lipinski definition) is 0. The van der Waals surface area contributed by atoms with Crippen LogP contribution in [0.1, 0.15) is 79.2 Å². The Labute approximate surface area is 156 Å². The minimum absolute atomic E-state index is 0.00455. The van der Waals surface area contributed by atoms with Crippen molar-refractivity contribution < 1.29 is 4.74 Å². The molecule has 5 nitrogen and oxygen atoms in total. The minimum Gasteiger partial charge on any atom is -0.483 e. The number of fused-ring (bicyclic) bond motifs is 3. The van der Waals surface area contributed by atoms with Gasteiger partial charge in [0, 0.05) is 11.1 Å². The molecule has 5 heteroatoms. The Balaban J connectivity index is 1.90. The Morgan fingerprint density at radius 3 is 2.58 bits per heavy atom. The summed E-state index contributed by atoms with van der Waals surface area (Å²) in [6.07, 6.45) is 10.2. The van der Waals surface area contributed by atoms with E-state index in [1.54, 1.807) is 0 Å². The van der Waals surface area contributed by atoms with Gasteiger partial charge in [-0.1, -0.05) is 27.2 Å². The van der Waals surface area contributed by atoms with Gasteiger partial charge in [-0.25, -0.2) is 9.50 Å². The maximum absolute atomic E-state index is 6.43. The summed E-state index contributed by atoms with van der Waals surface area (Å²) in [7, 11) is 0. The van der Waals surface area contributed by atoms with Crippen molar-refractivity contribution in [3.8, 4) is 5.75 Å². The third kappa shape index (κ3) is 2.67. The summed E-state index contributed by atoms with van der Waals surface area (Å²) in [6, 6.07) is 0.414. The molecule has 0 aromatic carbocycles. The van der Waals surface area contributed by atoms with Crippen LogP contribution in [-0.4, -0.2) is 32.3 Å². The van der Waals surface area contributed by atoms with Gasteiger partial charge < -0.3 is 9.64 Å². The van der Waals surface area contributed by atoms with E-state index >= 15 is 0 Å². The molecule has 26 heavy (non-hydrogen) atoms. The van der Waals surface area contributed by atoms with E-state index in [4.69, 9.17) is 9.72 Å². The standard InChI is InChI=1S/C21H32N4O/c1-7-21(5,6)14-12-22-24-13-17-19(23-18(14)24)25(20(2,3)4)15-10-8-9-11-16(15)26-17/h12-13,15-16H,7-11H2,1-6H3. The first-order valence-corrected chi connectivity index (χ1v) is 10.1. The molecule has 142 valence electrons. The van der Waals surface area contributed by atoms with Gasteiger partial charge >= 0.3 is 0 Å². The molecule has 2 atom stereocenters. The summed E-state index contributed by atoms with van der Waals surface area (Å²) >= 11 is 0. The fraction of sp³-hybridized carbons (Fsp3) is 0.714. The number of rotatable bonds is 2. The van der Waals surface area contributed by atoms with E-state index in [0.29, 0.717) is 6.04 Å². The summed E-state index contributed by atoms with van der Waals surface area (Å²) in [5.41, 5.74) is 2.23. The fourth-order valence-electron chi connectivity index (χ4n) is 4.45. The molecule has 1 aliphatic heterocycles. The molecule has 2 unspecified atom stereocenters. The Kier molecular flexibility index (Phi) is 3.97. The van der Waals surface area contributed by atoms with Gasteiger partial charge in [0.25, 0.3) is 0 Å². The predicted octanol–water partition coefficient (Wildman–Crippen LogP) is 4.73. The first-order chi connectivity index (χ1) is 12.2. The van der Waals surface area contributed by atoms with Crippen LogP contribution in [0.4, 0.5) is 5.82 Å². The Hall–Kier alpha value is -1.78. The molecule has 1 fully saturated rings. The van der Waals surface area contributed by atoms with Crippen LogP contribution in [0.2, 0.25) is 0 Å². The lowest BCUT2D eigenvalue weighted by Crippen LogP contribution is -2.58. The second-order valence-corrected chi connectivity index (χ2v) is 9.54. The summed E-state index contributed by atoms with van der Waals surface area (Å²) in [5, 5.41) is 4.59. The lowest BCUT2D eigenvalue weighted by molar-refractivity contribution is 0.100. The number of nitrogens with zero attached hydrogens (tertiary/aromatic N) is 4. The quantitative estimate of drug-likeness (QED) is 0.780. The highest BCUT2D eigenvalue weighted by molar-refractivity contribution is 5.63. The van der Waals surface area contributed by atoms with E-state index in [1.165, 1.54) is 24.8 Å². The number of aromatic nitrogens is 3. The number of ether oxygens (including phenoxy) is 1. The average Bonchev–Trinajstić information content (AvgIpc) is 3.00. The zero-order valence-electron chi connectivity index (χ0n) is 17.0. The lowest BCUT2D eigenvalue weighted by atomic mass is 9.84. The molecule has 0 radical (unpaired) electrons. The maximum atomic E-state index is 6.43. The van der Waals surface area contributed by atoms with Crippen molar-refractivity contribution in [1.82, 2.24) is 14.6 Å². The third-order valence-corrected chi connectivity index (χ3v) is 6.28. The van der Waals surface area contributed by atoms with Gasteiger partial charge in [-0.05, 0) is 51.9 Å². The molecule has 2 aromatic rings. The molecule has 3 heterocycles. The van der Waals surface area contributed by atoms with E-state index in [2.05, 4.69) is 51.5 Å². The first kappa shape index (κ1) is 17.6. The molecular weight excluding hydrogens is 324 g/mol. The van der Waals surface area contributed by atoms with Crippen molar-refractivity contribution >= 4 is 11.5 Å². The third-order valence-electron chi connectivity index (χ3n) is 6.28. The van der Waals surface area contributed by atoms with Crippen molar-refractivity contribution in [3.05, 3.63) is 18.0 Å². The van der Waals surface area contributed by atoms with E-state index in [0.717, 1.165) is 30.1 Å². The van der Waals surface area contributed by atoms with E-state index in [-0.39, 0.29) is 17.1 Å². The van der Waals surface area contributed by atoms with Crippen LogP contribution in [0.3, 0.4) is 0 Å². The van der Waals surface area contributed by atoms with Gasteiger partial charge in [-0.15, -0.1) is 0 Å². The fourth-order valence-corrected chi connectivity index (χ4v) is 4.45. The molecule has 0 saturated heterocycles. The van der Waals surface area contributed by atoms with Crippen LogP contribution in [0, 0.1) is 0 Å². The predicted molar refractivity (Wildman–Crippen MR) is 105 cm³/mol. The molecule has 1 saturated carbocycles. The Morgan fingerprint density at radius 2 is 1.88 bits per heavy atom. The number of hydrogen-bond acceptors (Lipinski definition) is 4. The largest absolute Gasteiger partial charge is 0.483 e. The van der Waals surface area contributed by atoms with Gasteiger partial charge in [-0.3, -0.25) is 0 Å². The molecule has 2 aromatic heterocycles. The Bertz CT molecular complexity index is 817. The highest BCUT2D eigenvalue weighted by Gasteiger charge is 2.43. The van der Waals surface area contributed by atoms with Crippen molar-refractivity contribution in [1.29, 1.82) is 0 Å². The second kappa shape index (κ2) is 5.86. The summed E-state index contributed by atoms with van der Waals surface area (Å²) in [5.74, 6) is 1.86. The highest BCUT2D eigenvalue weighted by Crippen LogP contribution is 2.44. The van der Waals surface area contributed by atoms with Crippen molar-refractivity contribution in [2.45, 2.75) is 96.7 Å². The van der Waals surface area contributed by atoms with Crippen LogP contribution in [0.25, 0.3) is 5.65 Å². The van der Waals surface area contributed by atoms with Crippen LogP contribution in [0.5, 0.6) is 5.75 Å². The Morgan fingerprint density at radius 1 is 1.15 bits per heavy atom. The average molecular weight is 357 g/mol. The molecule has 1 aliphatic carbocycles. The molecular formula is C21H32N4O. The van der Waals surface area contributed by atoms with Crippen LogP contribution in [0.15, 0.2) is 12.4 Å². The molecule has 0 amide bonds. The van der Waals surface area contributed by atoms with Crippen molar-refractivity contribution in [2.75, 3.05) is 4.90 Å². The summed E-state index contributed by atoms with van der Waals surface area (Å²) in [6.45, 7) is 13.6. The van der Waals surface area contributed by atoms with Gasteiger partial charge in [0.2, 0.25) is 0 Å². The van der Waals surface area contributed by atoms with E-state index in [9.17, 15) is 0 Å². The summed E-state index contributed by atoms with van der Waals surface area (Å²) < 4.78 is 8.32. The maximum Gasteiger partial charge on any atom is 0.180 e. The molecule has 0 spiro atoms. The van der Waals surface area contributed by atoms with Crippen LogP contribution >= 0.6 is 0 Å². The van der Waals surface area contributed by atoms with E-state index in [1.807, 2.05) is 16.9 Å². The molecule has 0 bridgehead atoms. The van der Waals surface area contributed by atoms with E-state index < -0.39 is 0 Å². The van der Waals surface area contributed by atoms with Gasteiger partial charge in [0.15, 0.2) is 17.2 Å². The van der Waals surface area contributed by atoms with Crippen LogP contribution < -0.4 is 9.64 Å². The highest BCUT2D eigenvalue weighted by atomic mass is 16.5. The molecule has 2 aliphatic rings. The molecule has 0 N–H and O–H groups in total. The lowest BCUT2D eigenvalue weighted by Gasteiger charge is -2.50. The first-order valence-electron chi connectivity index (χ1n) is 10.1. The van der Waals surface area contributed by atoms with Crippen LogP contribution in [-0.2, 0) is 5.41 Å². The SMILES string of the molecule is CCC(C)(C)c1cnn2cc3c(nc12)N(C(C)(C)C)C1CCCCC1O3. The summed E-state index contributed by atoms with van der Waals surface area (Å²) in [4.78, 5) is 7.65. The minimum atomic E-state index is 0.00455. The monoisotopic (exact) mass is 356 g/mol. The van der Waals surface area contributed by atoms with Gasteiger partial charge in [0.05, 0.1) is 18.4 Å². The van der Waals surface area contributed by atoms with Gasteiger partial charge in [0.1, 0.15) is 6.10 Å². The van der Waals surface area contributed by atoms with Crippen molar-refractivity contribution in [3.63, 3.8) is 0 Å². The normalized spacial score (nSPS) is 23.5. The zero-order chi connectivity index (χ0) is 18.7.